The van der Waals surface area contributed by atoms with Crippen molar-refractivity contribution in [3.63, 3.8) is 0 Å². The molecule has 1 fully saturated rings. The highest BCUT2D eigenvalue weighted by Crippen LogP contribution is 2.42. The topological polar surface area (TPSA) is 89.3 Å². The Morgan fingerprint density at radius 1 is 1.35 bits per heavy atom. The van der Waals surface area contributed by atoms with Crippen LogP contribution in [0.5, 0.6) is 0 Å². The zero-order valence-electron chi connectivity index (χ0n) is 9.69. The van der Waals surface area contributed by atoms with Gasteiger partial charge in [-0.05, 0) is 25.7 Å². The summed E-state index contributed by atoms with van der Waals surface area (Å²) in [5, 5.41) is 0. The van der Waals surface area contributed by atoms with Crippen LogP contribution in [0.1, 0.15) is 32.1 Å². The van der Waals surface area contributed by atoms with Crippen molar-refractivity contribution in [2.24, 2.45) is 11.7 Å². The average molecular weight is 258 g/mol. The van der Waals surface area contributed by atoms with Crippen LogP contribution in [0, 0.1) is 5.92 Å². The Morgan fingerprint density at radius 3 is 2.88 bits per heavy atom. The Bertz CT molecular complexity index is 444. The smallest absolute Gasteiger partial charge is 0.254 e. The Balaban J connectivity index is 2.13. The molecule has 2 atom stereocenters. The molecule has 0 spiro atoms. The fourth-order valence-electron chi connectivity index (χ4n) is 2.08. The summed E-state index contributed by atoms with van der Waals surface area (Å²) in [6, 6.07) is 0. The molecule has 6 heteroatoms. The summed E-state index contributed by atoms with van der Waals surface area (Å²) in [5.41, 5.74) is 4.86. The molecular formula is C11H18N2O3S. The lowest BCUT2D eigenvalue weighted by atomic mass is 10.1. The van der Waals surface area contributed by atoms with Crippen LogP contribution in [-0.4, -0.2) is 25.6 Å². The first-order valence-corrected chi connectivity index (χ1v) is 7.60. The van der Waals surface area contributed by atoms with Crippen molar-refractivity contribution in [3.05, 3.63) is 12.2 Å². The molecule has 1 aliphatic carbocycles. The summed E-state index contributed by atoms with van der Waals surface area (Å²) in [6.07, 6.45) is 7.86. The van der Waals surface area contributed by atoms with E-state index in [1.54, 1.807) is 0 Å². The van der Waals surface area contributed by atoms with Gasteiger partial charge in [-0.3, -0.25) is 9.52 Å². The molecule has 2 rings (SSSR count). The van der Waals surface area contributed by atoms with Crippen LogP contribution in [0.3, 0.4) is 0 Å². The summed E-state index contributed by atoms with van der Waals surface area (Å²) in [4.78, 5) is 11.8. The maximum absolute atomic E-state index is 11.8. The van der Waals surface area contributed by atoms with Gasteiger partial charge >= 0.3 is 0 Å². The van der Waals surface area contributed by atoms with Gasteiger partial charge in [-0.2, -0.15) is 0 Å². The lowest BCUT2D eigenvalue weighted by molar-refractivity contribution is -0.121. The van der Waals surface area contributed by atoms with Crippen LogP contribution in [0.15, 0.2) is 12.2 Å². The lowest BCUT2D eigenvalue weighted by Gasteiger charge is -2.12. The Morgan fingerprint density at radius 2 is 2.12 bits per heavy atom. The Hall–Kier alpha value is -0.880. The fraction of sp³-hybridized carbons (Fsp3) is 0.727. The third-order valence-corrected chi connectivity index (χ3v) is 4.70. The van der Waals surface area contributed by atoms with Crippen molar-refractivity contribution in [1.29, 1.82) is 0 Å². The number of carbonyl (C=O) groups is 1. The SMILES string of the molecule is NC12CC1/C=C/CCCCCS(=O)(=O)NC2=O. The van der Waals surface area contributed by atoms with E-state index >= 15 is 0 Å². The first-order chi connectivity index (χ1) is 7.94. The van der Waals surface area contributed by atoms with Gasteiger partial charge in [-0.15, -0.1) is 0 Å². The van der Waals surface area contributed by atoms with E-state index < -0.39 is 21.5 Å². The van der Waals surface area contributed by atoms with Crippen LogP contribution in [-0.2, 0) is 14.8 Å². The predicted octanol–water partition coefficient (Wildman–Crippen LogP) is 0.280. The minimum atomic E-state index is -3.51. The van der Waals surface area contributed by atoms with E-state index in [9.17, 15) is 13.2 Å². The van der Waals surface area contributed by atoms with E-state index in [0.717, 1.165) is 19.3 Å². The maximum Gasteiger partial charge on any atom is 0.254 e. The largest absolute Gasteiger partial charge is 0.317 e. The van der Waals surface area contributed by atoms with Crippen molar-refractivity contribution >= 4 is 15.9 Å². The van der Waals surface area contributed by atoms with Crippen molar-refractivity contribution in [2.45, 2.75) is 37.6 Å². The van der Waals surface area contributed by atoms with E-state index in [1.807, 2.05) is 12.2 Å². The van der Waals surface area contributed by atoms with Crippen LogP contribution in [0.2, 0.25) is 0 Å². The number of fused-ring (bicyclic) bond motifs is 1. The molecule has 1 aliphatic heterocycles. The van der Waals surface area contributed by atoms with E-state index in [-0.39, 0.29) is 11.7 Å². The number of nitrogens with two attached hydrogens (primary N) is 1. The van der Waals surface area contributed by atoms with Crippen LogP contribution in [0.25, 0.3) is 0 Å². The highest BCUT2D eigenvalue weighted by Gasteiger charge is 2.56. The van der Waals surface area contributed by atoms with Crippen molar-refractivity contribution in [2.75, 3.05) is 5.75 Å². The third kappa shape index (κ3) is 2.87. The average Bonchev–Trinajstić information content (AvgIpc) is 2.88. The minimum absolute atomic E-state index is 0.00318. The van der Waals surface area contributed by atoms with Crippen LogP contribution < -0.4 is 10.5 Å². The van der Waals surface area contributed by atoms with Gasteiger partial charge in [0.25, 0.3) is 5.91 Å². The number of sulfonamides is 1. The van der Waals surface area contributed by atoms with Gasteiger partial charge < -0.3 is 5.73 Å². The monoisotopic (exact) mass is 258 g/mol. The molecule has 0 aromatic rings. The number of rotatable bonds is 0. The molecule has 0 aromatic carbocycles. The van der Waals surface area contributed by atoms with E-state index in [0.29, 0.717) is 12.8 Å². The van der Waals surface area contributed by atoms with Crippen LogP contribution in [0.4, 0.5) is 0 Å². The van der Waals surface area contributed by atoms with Crippen molar-refractivity contribution in [3.8, 4) is 0 Å². The van der Waals surface area contributed by atoms with Gasteiger partial charge in [-0.1, -0.05) is 18.6 Å². The summed E-state index contributed by atoms with van der Waals surface area (Å²) in [5.74, 6) is -0.576. The van der Waals surface area contributed by atoms with Gasteiger partial charge in [0.2, 0.25) is 10.0 Å². The first kappa shape index (κ1) is 12.6. The second-order valence-corrected chi connectivity index (χ2v) is 6.72. The molecule has 1 heterocycles. The second-order valence-electron chi connectivity index (χ2n) is 4.88. The third-order valence-electron chi connectivity index (χ3n) is 3.38. The number of carbonyl (C=O) groups excluding carboxylic acids is 1. The van der Waals surface area contributed by atoms with Gasteiger partial charge in [0.1, 0.15) is 5.54 Å². The predicted molar refractivity (Wildman–Crippen MR) is 64.6 cm³/mol. The fourth-order valence-corrected chi connectivity index (χ4v) is 3.24. The normalized spacial score (nSPS) is 39.1. The zero-order valence-corrected chi connectivity index (χ0v) is 10.5. The molecular weight excluding hydrogens is 240 g/mol. The minimum Gasteiger partial charge on any atom is -0.317 e. The lowest BCUT2D eigenvalue weighted by Crippen LogP contribution is -2.47. The Kier molecular flexibility index (Phi) is 3.27. The van der Waals surface area contributed by atoms with Crippen molar-refractivity contribution < 1.29 is 13.2 Å². The zero-order chi connectivity index (χ0) is 12.5. The molecule has 2 unspecified atom stereocenters. The number of hydrogen-bond donors (Lipinski definition) is 2. The summed E-state index contributed by atoms with van der Waals surface area (Å²) >= 11 is 0. The summed E-state index contributed by atoms with van der Waals surface area (Å²) < 4.78 is 25.3. The number of amides is 1. The number of nitrogens with one attached hydrogen (secondary N) is 1. The quantitative estimate of drug-likeness (QED) is 0.611. The second kappa shape index (κ2) is 4.42. The van der Waals surface area contributed by atoms with Gasteiger partial charge in [0.15, 0.2) is 0 Å². The molecule has 0 radical (unpaired) electrons. The van der Waals surface area contributed by atoms with Gasteiger partial charge in [-0.25, -0.2) is 8.42 Å². The van der Waals surface area contributed by atoms with Gasteiger partial charge in [0.05, 0.1) is 5.75 Å². The number of allylic oxidation sites excluding steroid dienone is 1. The Labute approximate surface area is 101 Å². The molecule has 2 aliphatic rings. The van der Waals surface area contributed by atoms with Gasteiger partial charge in [0, 0.05) is 5.92 Å². The number of hydrogen-bond acceptors (Lipinski definition) is 4. The molecule has 5 nitrogen and oxygen atoms in total. The molecule has 96 valence electrons. The standard InChI is InChI=1S/C11H18N2O3S/c12-11-8-9(11)6-4-2-1-3-5-7-17(15,16)13-10(11)14/h4,6,9H,1-3,5,7-8,12H2,(H,13,14)/b6-4+. The first-order valence-electron chi connectivity index (χ1n) is 5.94. The van der Waals surface area contributed by atoms with E-state index in [1.165, 1.54) is 0 Å². The molecule has 1 saturated carbocycles. The molecule has 0 aromatic heterocycles. The highest BCUT2D eigenvalue weighted by atomic mass is 32.2. The summed E-state index contributed by atoms with van der Waals surface area (Å²) in [6.45, 7) is 0. The van der Waals surface area contributed by atoms with Crippen molar-refractivity contribution in [1.82, 2.24) is 4.72 Å². The molecule has 3 N–H and O–H groups in total. The summed E-state index contributed by atoms with van der Waals surface area (Å²) in [7, 11) is -3.51. The molecule has 0 bridgehead atoms. The highest BCUT2D eigenvalue weighted by molar-refractivity contribution is 7.90. The van der Waals surface area contributed by atoms with E-state index in [4.69, 9.17) is 5.73 Å². The van der Waals surface area contributed by atoms with E-state index in [2.05, 4.69) is 4.72 Å². The molecule has 1 amide bonds. The van der Waals surface area contributed by atoms with Crippen LogP contribution >= 0.6 is 0 Å². The molecule has 0 saturated heterocycles. The molecule has 17 heavy (non-hydrogen) atoms. The maximum atomic E-state index is 11.8.